The summed E-state index contributed by atoms with van der Waals surface area (Å²) < 4.78 is 4.99. The van der Waals surface area contributed by atoms with Crippen molar-refractivity contribution >= 4 is 11.5 Å². The lowest BCUT2D eigenvalue weighted by atomic mass is 10.3. The van der Waals surface area contributed by atoms with Gasteiger partial charge in [0, 0.05) is 18.8 Å². The molecule has 0 atom stereocenters. The number of nitrogens with zero attached hydrogens (tertiary/aromatic N) is 2. The van der Waals surface area contributed by atoms with Gasteiger partial charge in [-0.1, -0.05) is 6.07 Å². The highest BCUT2D eigenvalue weighted by atomic mass is 16.5. The van der Waals surface area contributed by atoms with Gasteiger partial charge in [0.15, 0.2) is 0 Å². The number of rotatable bonds is 4. The van der Waals surface area contributed by atoms with Gasteiger partial charge in [-0.25, -0.2) is 9.97 Å². The number of nitrogens with two attached hydrogens (primary N) is 1. The molecule has 17 heavy (non-hydrogen) atoms. The van der Waals surface area contributed by atoms with Crippen LogP contribution in [0.5, 0.6) is 5.88 Å². The molecule has 3 N–H and O–H groups in total. The van der Waals surface area contributed by atoms with Crippen molar-refractivity contribution in [3.63, 3.8) is 0 Å². The van der Waals surface area contributed by atoms with Crippen molar-refractivity contribution in [3.8, 4) is 5.88 Å². The van der Waals surface area contributed by atoms with E-state index in [9.17, 15) is 0 Å². The van der Waals surface area contributed by atoms with Crippen molar-refractivity contribution in [1.29, 1.82) is 0 Å². The van der Waals surface area contributed by atoms with Gasteiger partial charge in [0.25, 0.3) is 0 Å². The molecule has 0 saturated heterocycles. The third kappa shape index (κ3) is 3.07. The van der Waals surface area contributed by atoms with Crippen molar-refractivity contribution in [1.82, 2.24) is 9.97 Å². The molecule has 0 bridgehead atoms. The molecule has 0 amide bonds. The Labute approximate surface area is 99.7 Å². The Balaban J connectivity index is 1.95. The maximum absolute atomic E-state index is 5.50. The molecule has 0 saturated carbocycles. The summed E-state index contributed by atoms with van der Waals surface area (Å²) in [6.45, 7) is 0.683. The second-order valence-corrected chi connectivity index (χ2v) is 3.53. The Morgan fingerprint density at radius 2 is 2.06 bits per heavy atom. The molecule has 5 nitrogen and oxygen atoms in total. The summed E-state index contributed by atoms with van der Waals surface area (Å²) in [5, 5.41) is 3.23. The Hall–Kier alpha value is -2.30. The average Bonchev–Trinajstić information content (AvgIpc) is 2.39. The molecule has 2 aromatic rings. The summed E-state index contributed by atoms with van der Waals surface area (Å²) in [5.74, 6) is 1.13. The highest BCUT2D eigenvalue weighted by Crippen LogP contribution is 2.11. The number of anilines is 2. The number of hydrogen-bond acceptors (Lipinski definition) is 5. The fraction of sp³-hybridized carbons (Fsp3) is 0.167. The van der Waals surface area contributed by atoms with Crippen LogP contribution >= 0.6 is 0 Å². The summed E-state index contributed by atoms with van der Waals surface area (Å²) in [4.78, 5) is 8.12. The maximum atomic E-state index is 5.50. The smallest absolute Gasteiger partial charge is 0.212 e. The SMILES string of the molecule is COc1ccc(CNc2ccc(N)nc2)cn1. The number of nitrogens with one attached hydrogen (secondary N) is 1. The molecule has 2 aromatic heterocycles. The average molecular weight is 230 g/mol. The Morgan fingerprint density at radius 3 is 2.65 bits per heavy atom. The fourth-order valence-corrected chi connectivity index (χ4v) is 1.35. The molecule has 0 aliphatic carbocycles. The van der Waals surface area contributed by atoms with E-state index < -0.39 is 0 Å². The number of hydrogen-bond donors (Lipinski definition) is 2. The maximum Gasteiger partial charge on any atom is 0.212 e. The first-order valence-electron chi connectivity index (χ1n) is 5.22. The van der Waals surface area contributed by atoms with E-state index in [2.05, 4.69) is 15.3 Å². The van der Waals surface area contributed by atoms with Crippen LogP contribution < -0.4 is 15.8 Å². The lowest BCUT2D eigenvalue weighted by Gasteiger charge is -2.06. The minimum absolute atomic E-state index is 0.515. The minimum Gasteiger partial charge on any atom is -0.481 e. The lowest BCUT2D eigenvalue weighted by molar-refractivity contribution is 0.397. The molecule has 0 fully saturated rings. The first-order valence-corrected chi connectivity index (χ1v) is 5.22. The molecule has 0 aliphatic rings. The predicted octanol–water partition coefficient (Wildman–Crippen LogP) is 1.68. The van der Waals surface area contributed by atoms with E-state index in [1.807, 2.05) is 18.2 Å². The van der Waals surface area contributed by atoms with Crippen LogP contribution in [0.25, 0.3) is 0 Å². The molecule has 0 aliphatic heterocycles. The molecule has 0 radical (unpaired) electrons. The molecule has 0 unspecified atom stereocenters. The molecule has 0 spiro atoms. The van der Waals surface area contributed by atoms with Gasteiger partial charge in [0.1, 0.15) is 5.82 Å². The van der Waals surface area contributed by atoms with Crippen molar-refractivity contribution in [2.75, 3.05) is 18.2 Å². The zero-order chi connectivity index (χ0) is 12.1. The summed E-state index contributed by atoms with van der Waals surface area (Å²) in [5.41, 5.74) is 7.50. The quantitative estimate of drug-likeness (QED) is 0.836. The summed E-state index contributed by atoms with van der Waals surface area (Å²) in [6, 6.07) is 7.44. The van der Waals surface area contributed by atoms with E-state index >= 15 is 0 Å². The van der Waals surface area contributed by atoms with Crippen LogP contribution in [0.4, 0.5) is 11.5 Å². The van der Waals surface area contributed by atoms with Crippen molar-refractivity contribution < 1.29 is 4.74 Å². The monoisotopic (exact) mass is 230 g/mol. The summed E-state index contributed by atoms with van der Waals surface area (Å²) >= 11 is 0. The Morgan fingerprint density at radius 1 is 1.18 bits per heavy atom. The fourth-order valence-electron chi connectivity index (χ4n) is 1.35. The van der Waals surface area contributed by atoms with Crippen LogP contribution in [0.3, 0.4) is 0 Å². The normalized spacial score (nSPS) is 9.94. The number of pyridine rings is 2. The first-order chi connectivity index (χ1) is 8.28. The van der Waals surface area contributed by atoms with Gasteiger partial charge in [-0.2, -0.15) is 0 Å². The van der Waals surface area contributed by atoms with Crippen LogP contribution in [0.1, 0.15) is 5.56 Å². The van der Waals surface area contributed by atoms with E-state index in [1.165, 1.54) is 0 Å². The van der Waals surface area contributed by atoms with Gasteiger partial charge < -0.3 is 15.8 Å². The first kappa shape index (κ1) is 11.2. The number of ether oxygens (including phenoxy) is 1. The van der Waals surface area contributed by atoms with Gasteiger partial charge in [-0.15, -0.1) is 0 Å². The topological polar surface area (TPSA) is 73.1 Å². The second kappa shape index (κ2) is 5.16. The molecule has 88 valence electrons. The summed E-state index contributed by atoms with van der Waals surface area (Å²) in [6.07, 6.45) is 3.48. The Kier molecular flexibility index (Phi) is 3.40. The van der Waals surface area contributed by atoms with Crippen LogP contribution in [0, 0.1) is 0 Å². The highest BCUT2D eigenvalue weighted by Gasteiger charge is 1.96. The lowest BCUT2D eigenvalue weighted by Crippen LogP contribution is -2.01. The standard InChI is InChI=1S/C12H14N4O/c1-17-12-5-2-9(7-16-12)6-14-10-3-4-11(13)15-8-10/h2-5,7-8,14H,6H2,1H3,(H2,13,15). The number of methoxy groups -OCH3 is 1. The van der Waals surface area contributed by atoms with Crippen molar-refractivity contribution in [3.05, 3.63) is 42.2 Å². The molecule has 5 heteroatoms. The molecular formula is C12H14N4O. The van der Waals surface area contributed by atoms with E-state index in [0.717, 1.165) is 11.3 Å². The van der Waals surface area contributed by atoms with Gasteiger partial charge in [0.05, 0.1) is 19.0 Å². The Bertz CT molecular complexity index is 467. The van der Waals surface area contributed by atoms with Crippen LogP contribution in [0.15, 0.2) is 36.7 Å². The molecule has 0 aromatic carbocycles. The zero-order valence-electron chi connectivity index (χ0n) is 9.55. The third-order valence-corrected chi connectivity index (χ3v) is 2.29. The van der Waals surface area contributed by atoms with Gasteiger partial charge >= 0.3 is 0 Å². The molecule has 2 rings (SSSR count). The molecular weight excluding hydrogens is 216 g/mol. The van der Waals surface area contributed by atoms with Crippen LogP contribution in [0.2, 0.25) is 0 Å². The number of nitrogen functional groups attached to an aromatic ring is 1. The van der Waals surface area contributed by atoms with E-state index in [-0.39, 0.29) is 0 Å². The van der Waals surface area contributed by atoms with Gasteiger partial charge in [-0.3, -0.25) is 0 Å². The predicted molar refractivity (Wildman–Crippen MR) is 66.8 cm³/mol. The third-order valence-electron chi connectivity index (χ3n) is 2.29. The van der Waals surface area contributed by atoms with Crippen LogP contribution in [-0.4, -0.2) is 17.1 Å². The van der Waals surface area contributed by atoms with Crippen molar-refractivity contribution in [2.45, 2.75) is 6.54 Å². The zero-order valence-corrected chi connectivity index (χ0v) is 9.55. The van der Waals surface area contributed by atoms with E-state index in [0.29, 0.717) is 18.2 Å². The molecule has 2 heterocycles. The number of aromatic nitrogens is 2. The van der Waals surface area contributed by atoms with Crippen molar-refractivity contribution in [2.24, 2.45) is 0 Å². The largest absolute Gasteiger partial charge is 0.481 e. The minimum atomic E-state index is 0.515. The van der Waals surface area contributed by atoms with Crippen LogP contribution in [-0.2, 0) is 6.54 Å². The highest BCUT2D eigenvalue weighted by molar-refractivity contribution is 5.45. The van der Waals surface area contributed by atoms with Gasteiger partial charge in [0.2, 0.25) is 5.88 Å². The van der Waals surface area contributed by atoms with E-state index in [1.54, 1.807) is 25.6 Å². The van der Waals surface area contributed by atoms with E-state index in [4.69, 9.17) is 10.5 Å². The van der Waals surface area contributed by atoms with Gasteiger partial charge in [-0.05, 0) is 17.7 Å². The summed E-state index contributed by atoms with van der Waals surface area (Å²) in [7, 11) is 1.60. The second-order valence-electron chi connectivity index (χ2n) is 3.53.